The smallest absolute Gasteiger partial charge is 0.171 e. The van der Waals surface area contributed by atoms with Gasteiger partial charge in [0, 0.05) is 32.2 Å². The quantitative estimate of drug-likeness (QED) is 0.190. The van der Waals surface area contributed by atoms with Gasteiger partial charge in [-0.25, -0.2) is 0 Å². The van der Waals surface area contributed by atoms with E-state index in [1.165, 1.54) is 16.2 Å². The van der Waals surface area contributed by atoms with Crippen LogP contribution in [0.5, 0.6) is 0 Å². The van der Waals surface area contributed by atoms with Gasteiger partial charge in [0.2, 0.25) is 0 Å². The summed E-state index contributed by atoms with van der Waals surface area (Å²) in [5.41, 5.74) is 3.83. The summed E-state index contributed by atoms with van der Waals surface area (Å²) in [5.74, 6) is 0. The molecule has 1 aromatic heterocycles. The van der Waals surface area contributed by atoms with Gasteiger partial charge in [-0.1, -0.05) is 146 Å². The zero-order valence-electron chi connectivity index (χ0n) is 24.4. The molecule has 3 heteroatoms. The largest absolute Gasteiger partial charge is 0.455 e. The van der Waals surface area contributed by atoms with Crippen molar-refractivity contribution >= 4 is 77.3 Å². The zero-order valence-corrected chi connectivity index (χ0v) is 25.2. The van der Waals surface area contributed by atoms with Gasteiger partial charge in [-0.15, -0.1) is 0 Å². The molecular weight excluding hydrogens is 567 g/mol. The van der Waals surface area contributed by atoms with Crippen molar-refractivity contribution in [2.75, 3.05) is 0 Å². The van der Waals surface area contributed by atoms with Gasteiger partial charge in [-0.3, -0.25) is 0 Å². The minimum Gasteiger partial charge on any atom is -0.455 e. The Morgan fingerprint density at radius 3 is 1.67 bits per heavy atom. The fraction of sp³-hybridized carbons (Fsp3) is 0. The van der Waals surface area contributed by atoms with Crippen molar-refractivity contribution in [2.45, 2.75) is 0 Å². The summed E-state index contributed by atoms with van der Waals surface area (Å²) in [6.07, 6.45) is 0. The van der Waals surface area contributed by atoms with Crippen LogP contribution in [0.2, 0.25) is 0 Å². The fourth-order valence-electron chi connectivity index (χ4n) is 7.08. The highest BCUT2D eigenvalue weighted by atomic mass is 31.2. The van der Waals surface area contributed by atoms with E-state index in [0.29, 0.717) is 0 Å². The number of hydrogen-bond acceptors (Lipinski definition) is 2. The predicted molar refractivity (Wildman–Crippen MR) is 191 cm³/mol. The molecule has 0 fully saturated rings. The average Bonchev–Trinajstić information content (AvgIpc) is 3.52. The number of hydrogen-bond donors (Lipinski definition) is 0. The first-order chi connectivity index (χ1) is 22.2. The first-order valence-corrected chi connectivity index (χ1v) is 16.9. The van der Waals surface area contributed by atoms with Crippen molar-refractivity contribution in [3.8, 4) is 11.1 Å². The maximum absolute atomic E-state index is 15.5. The lowest BCUT2D eigenvalue weighted by molar-refractivity contribution is 0.592. The molecule has 9 aromatic rings. The van der Waals surface area contributed by atoms with Crippen LogP contribution in [-0.2, 0) is 4.57 Å². The predicted octanol–water partition coefficient (Wildman–Crippen LogP) is 10.4. The summed E-state index contributed by atoms with van der Waals surface area (Å²) in [7, 11) is -3.19. The van der Waals surface area contributed by atoms with Crippen molar-refractivity contribution in [2.24, 2.45) is 0 Å². The second-order valence-electron chi connectivity index (χ2n) is 11.6. The fourth-order valence-corrected chi connectivity index (χ4v) is 9.94. The van der Waals surface area contributed by atoms with Gasteiger partial charge in [-0.2, -0.15) is 0 Å². The molecule has 0 aliphatic carbocycles. The molecule has 0 saturated heterocycles. The second kappa shape index (κ2) is 10.1. The van der Waals surface area contributed by atoms with Crippen molar-refractivity contribution < 1.29 is 8.98 Å². The Morgan fingerprint density at radius 1 is 0.422 bits per heavy atom. The monoisotopic (exact) mass is 594 g/mol. The molecule has 0 spiro atoms. The van der Waals surface area contributed by atoms with E-state index in [2.05, 4.69) is 97.1 Å². The molecule has 2 nitrogen and oxygen atoms in total. The summed E-state index contributed by atoms with van der Waals surface area (Å²) < 4.78 is 22.3. The van der Waals surface area contributed by atoms with Crippen molar-refractivity contribution in [1.29, 1.82) is 0 Å². The molecule has 8 aromatic carbocycles. The van der Waals surface area contributed by atoms with Crippen molar-refractivity contribution in [3.05, 3.63) is 164 Å². The van der Waals surface area contributed by atoms with Gasteiger partial charge >= 0.3 is 0 Å². The Labute approximate surface area is 260 Å². The molecule has 45 heavy (non-hydrogen) atoms. The third-order valence-corrected chi connectivity index (χ3v) is 12.2. The molecular formula is C42H27O2P. The van der Waals surface area contributed by atoms with Crippen molar-refractivity contribution in [3.63, 3.8) is 0 Å². The Kier molecular flexibility index (Phi) is 5.81. The minimum atomic E-state index is -3.19. The molecule has 0 aliphatic rings. The average molecular weight is 595 g/mol. The Balaban J connectivity index is 1.39. The summed E-state index contributed by atoms with van der Waals surface area (Å²) in [6, 6.07) is 55.9. The lowest BCUT2D eigenvalue weighted by atomic mass is 9.92. The minimum absolute atomic E-state index is 0.825. The van der Waals surface area contributed by atoms with Crippen LogP contribution in [0, 0.1) is 0 Å². The number of fused-ring (bicyclic) bond motifs is 8. The summed E-state index contributed by atoms with van der Waals surface area (Å²) in [6.45, 7) is 0. The Morgan fingerprint density at radius 2 is 0.978 bits per heavy atom. The molecule has 0 saturated carbocycles. The van der Waals surface area contributed by atoms with E-state index >= 15 is 4.57 Å². The third kappa shape index (κ3) is 3.86. The van der Waals surface area contributed by atoms with Crippen LogP contribution in [0.4, 0.5) is 0 Å². The highest BCUT2D eigenvalue weighted by Gasteiger charge is 2.32. The van der Waals surface area contributed by atoms with E-state index in [4.69, 9.17) is 4.42 Å². The van der Waals surface area contributed by atoms with Crippen LogP contribution in [0.3, 0.4) is 0 Å². The SMILES string of the molecule is O=P(c1ccccc1)(c1ccccc1)c1ccc(-c2cc3ccccc3c3c2oc2ccc4ccccc4c23)c2ccccc12. The van der Waals surface area contributed by atoms with E-state index in [1.807, 2.05) is 66.7 Å². The van der Waals surface area contributed by atoms with Crippen LogP contribution < -0.4 is 15.9 Å². The molecule has 0 N–H and O–H groups in total. The molecule has 0 bridgehead atoms. The van der Waals surface area contributed by atoms with Gasteiger partial charge < -0.3 is 8.98 Å². The van der Waals surface area contributed by atoms with Gasteiger partial charge in [0.1, 0.15) is 11.2 Å². The number of rotatable bonds is 4. The lowest BCUT2D eigenvalue weighted by Gasteiger charge is -2.23. The van der Waals surface area contributed by atoms with E-state index in [1.54, 1.807) is 0 Å². The molecule has 0 radical (unpaired) electrons. The summed E-state index contributed by atoms with van der Waals surface area (Å²) in [4.78, 5) is 0. The maximum atomic E-state index is 15.5. The van der Waals surface area contributed by atoms with Crippen LogP contribution in [0.15, 0.2) is 168 Å². The number of benzene rings is 8. The van der Waals surface area contributed by atoms with Crippen molar-refractivity contribution in [1.82, 2.24) is 0 Å². The van der Waals surface area contributed by atoms with E-state index in [-0.39, 0.29) is 0 Å². The molecule has 0 amide bonds. The van der Waals surface area contributed by atoms with Crippen LogP contribution in [0.1, 0.15) is 0 Å². The molecule has 1 heterocycles. The molecule has 0 atom stereocenters. The van der Waals surface area contributed by atoms with E-state index < -0.39 is 7.14 Å². The molecule has 0 unspecified atom stereocenters. The van der Waals surface area contributed by atoms with Crippen LogP contribution in [0.25, 0.3) is 65.4 Å². The first kappa shape index (κ1) is 26.0. The normalized spacial score (nSPS) is 12.1. The van der Waals surface area contributed by atoms with Crippen LogP contribution >= 0.6 is 7.14 Å². The highest BCUT2D eigenvalue weighted by molar-refractivity contribution is 7.85. The molecule has 0 aliphatic heterocycles. The summed E-state index contributed by atoms with van der Waals surface area (Å²) >= 11 is 0. The standard InChI is InChI=1S/C42H27O2P/c43-45(30-15-3-1-4-16-30,31-17-5-2-6-18-31)39-26-24-35(34-21-11-12-22-36(34)39)37-27-29-14-8-10-20-33(29)41-40-32-19-9-7-13-28(32)23-25-38(40)44-42(37)41/h1-27H. The zero-order chi connectivity index (χ0) is 30.0. The number of furan rings is 1. The van der Waals surface area contributed by atoms with Gasteiger partial charge in [-0.05, 0) is 56.1 Å². The van der Waals surface area contributed by atoms with Crippen LogP contribution in [-0.4, -0.2) is 0 Å². The second-order valence-corrected chi connectivity index (χ2v) is 14.3. The highest BCUT2D eigenvalue weighted by Crippen LogP contribution is 2.48. The Hall–Kier alpha value is -5.43. The lowest BCUT2D eigenvalue weighted by Crippen LogP contribution is -2.25. The molecule has 9 rings (SSSR count). The Bertz CT molecular complexity index is 2570. The topological polar surface area (TPSA) is 30.2 Å². The van der Waals surface area contributed by atoms with Gasteiger partial charge in [0.25, 0.3) is 0 Å². The van der Waals surface area contributed by atoms with E-state index in [0.717, 1.165) is 65.1 Å². The van der Waals surface area contributed by atoms with E-state index in [9.17, 15) is 0 Å². The summed E-state index contributed by atoms with van der Waals surface area (Å²) in [5, 5.41) is 11.5. The van der Waals surface area contributed by atoms with Gasteiger partial charge in [0.05, 0.1) is 0 Å². The first-order valence-electron chi connectivity index (χ1n) is 15.2. The van der Waals surface area contributed by atoms with Gasteiger partial charge in [0.15, 0.2) is 7.14 Å². The third-order valence-electron chi connectivity index (χ3n) is 9.12. The maximum Gasteiger partial charge on any atom is 0.171 e. The molecule has 212 valence electrons.